The molecule has 1 saturated carbocycles. The summed E-state index contributed by atoms with van der Waals surface area (Å²) < 4.78 is 75.4. The summed E-state index contributed by atoms with van der Waals surface area (Å²) in [5.74, 6) is -3.23. The van der Waals surface area contributed by atoms with Gasteiger partial charge < -0.3 is 19.4 Å². The van der Waals surface area contributed by atoms with Crippen LogP contribution >= 0.6 is 0 Å². The van der Waals surface area contributed by atoms with Gasteiger partial charge in [0.15, 0.2) is 5.79 Å². The Kier molecular flexibility index (Phi) is 6.48. The van der Waals surface area contributed by atoms with E-state index in [0.29, 0.717) is 25.9 Å². The number of nitrogens with two attached hydrogens (primary N) is 1. The molecule has 27 heavy (non-hydrogen) atoms. The maximum Gasteiger partial charge on any atom is 0.534 e. The van der Waals surface area contributed by atoms with Gasteiger partial charge in [-0.3, -0.25) is 0 Å². The van der Waals surface area contributed by atoms with Crippen LogP contribution in [0.25, 0.3) is 0 Å². The van der Waals surface area contributed by atoms with Crippen LogP contribution in [0.1, 0.15) is 52.4 Å². The van der Waals surface area contributed by atoms with Crippen LogP contribution in [0.2, 0.25) is 0 Å². The van der Waals surface area contributed by atoms with E-state index >= 15 is 0 Å². The minimum absolute atomic E-state index is 0.0276. The fourth-order valence-electron chi connectivity index (χ4n) is 3.51. The van der Waals surface area contributed by atoms with Crippen LogP contribution in [0.15, 0.2) is 11.3 Å². The van der Waals surface area contributed by atoms with Crippen LogP contribution < -0.4 is 5.73 Å². The number of halogens is 3. The van der Waals surface area contributed by atoms with E-state index in [-0.39, 0.29) is 23.8 Å². The van der Waals surface area contributed by atoms with E-state index < -0.39 is 33.3 Å². The monoisotopic (exact) mass is 415 g/mol. The second-order valence-corrected chi connectivity index (χ2v) is 8.34. The standard InChI is InChI=1S/C16H24F3NO6S/c1-3-6-11(14(21)26-27(22,23)16(17,18)19)13(20)12-7-4-5-8-15(12)24-9-10(2)25-15/h10,12H,3-9,20H2,1-2H3/b13-11-/t10?,12-,15?/m1/s1. The lowest BCUT2D eigenvalue weighted by Gasteiger charge is -2.40. The van der Waals surface area contributed by atoms with Crippen molar-refractivity contribution in [2.75, 3.05) is 6.61 Å². The molecule has 1 saturated heterocycles. The maximum atomic E-state index is 12.5. The predicted octanol–water partition coefficient (Wildman–Crippen LogP) is 2.71. The zero-order valence-corrected chi connectivity index (χ0v) is 16.0. The Balaban J connectivity index is 2.37. The maximum absolute atomic E-state index is 12.5. The fraction of sp³-hybridized carbons (Fsp3) is 0.812. The van der Waals surface area contributed by atoms with Crippen molar-refractivity contribution < 1.29 is 40.0 Å². The Morgan fingerprint density at radius 3 is 2.52 bits per heavy atom. The van der Waals surface area contributed by atoms with Crippen molar-refractivity contribution in [3.05, 3.63) is 11.3 Å². The first-order valence-electron chi connectivity index (χ1n) is 8.79. The second-order valence-electron chi connectivity index (χ2n) is 6.80. The summed E-state index contributed by atoms with van der Waals surface area (Å²) in [4.78, 5) is 12.2. The van der Waals surface area contributed by atoms with Crippen LogP contribution in [-0.2, 0) is 28.6 Å². The minimum Gasteiger partial charge on any atom is -0.401 e. The summed E-state index contributed by atoms with van der Waals surface area (Å²) in [6.45, 7) is 3.83. The first-order chi connectivity index (χ1) is 12.4. The number of rotatable bonds is 5. The van der Waals surface area contributed by atoms with Gasteiger partial charge in [0.05, 0.1) is 24.2 Å². The Morgan fingerprint density at radius 2 is 2.00 bits per heavy atom. The highest BCUT2D eigenvalue weighted by atomic mass is 32.2. The average Bonchev–Trinajstić information content (AvgIpc) is 2.92. The summed E-state index contributed by atoms with van der Waals surface area (Å²) in [7, 11) is -6.06. The third-order valence-corrected chi connectivity index (χ3v) is 5.64. The van der Waals surface area contributed by atoms with Gasteiger partial charge >= 0.3 is 21.6 Å². The van der Waals surface area contributed by atoms with E-state index in [0.717, 1.165) is 12.8 Å². The van der Waals surface area contributed by atoms with E-state index in [2.05, 4.69) is 4.18 Å². The Labute approximate surface area is 156 Å². The van der Waals surface area contributed by atoms with Crippen LogP contribution in [0.5, 0.6) is 0 Å². The van der Waals surface area contributed by atoms with E-state index in [1.807, 2.05) is 6.92 Å². The topological polar surface area (TPSA) is 105 Å². The third-order valence-electron chi connectivity index (χ3n) is 4.70. The summed E-state index contributed by atoms with van der Waals surface area (Å²) >= 11 is 0. The van der Waals surface area contributed by atoms with Crippen molar-refractivity contribution in [2.24, 2.45) is 11.7 Å². The molecule has 0 bridgehead atoms. The van der Waals surface area contributed by atoms with Gasteiger partial charge in [-0.25, -0.2) is 4.79 Å². The van der Waals surface area contributed by atoms with Crippen molar-refractivity contribution in [3.63, 3.8) is 0 Å². The molecule has 3 atom stereocenters. The Hall–Kier alpha value is -1.33. The smallest absolute Gasteiger partial charge is 0.401 e. The highest BCUT2D eigenvalue weighted by Crippen LogP contribution is 2.45. The molecular formula is C16H24F3NO6S. The van der Waals surface area contributed by atoms with E-state index in [1.54, 1.807) is 6.92 Å². The van der Waals surface area contributed by atoms with Crippen molar-refractivity contribution in [2.45, 2.75) is 69.8 Å². The van der Waals surface area contributed by atoms with Crippen molar-refractivity contribution in [1.29, 1.82) is 0 Å². The largest absolute Gasteiger partial charge is 0.534 e. The van der Waals surface area contributed by atoms with Crippen molar-refractivity contribution in [1.82, 2.24) is 0 Å². The lowest BCUT2D eigenvalue weighted by atomic mass is 9.79. The summed E-state index contributed by atoms with van der Waals surface area (Å²) in [5, 5.41) is 0. The molecule has 11 heteroatoms. The Bertz CT molecular complexity index is 701. The molecule has 0 aromatic carbocycles. The number of hydrogen-bond donors (Lipinski definition) is 1. The SMILES string of the molecule is CCC/C(C(=O)OS(=O)(=O)C(F)(F)F)=C(/N)[C@H]1CCCCC12OCC(C)O2. The lowest BCUT2D eigenvalue weighted by Crippen LogP contribution is -2.45. The van der Waals surface area contributed by atoms with Gasteiger partial charge in [0.1, 0.15) is 0 Å². The number of hydrogen-bond acceptors (Lipinski definition) is 7. The molecular weight excluding hydrogens is 391 g/mol. The molecule has 0 amide bonds. The van der Waals surface area contributed by atoms with Gasteiger partial charge in [-0.15, -0.1) is 0 Å². The molecule has 0 radical (unpaired) electrons. The summed E-state index contributed by atoms with van der Waals surface area (Å²) in [5.41, 5.74) is 0.127. The van der Waals surface area contributed by atoms with Crippen molar-refractivity contribution >= 4 is 16.1 Å². The third kappa shape index (κ3) is 4.57. The quantitative estimate of drug-likeness (QED) is 0.418. The molecule has 1 aliphatic heterocycles. The van der Waals surface area contributed by atoms with Crippen LogP contribution in [-0.4, -0.2) is 38.4 Å². The normalized spacial score (nSPS) is 30.3. The van der Waals surface area contributed by atoms with E-state index in [9.17, 15) is 26.4 Å². The van der Waals surface area contributed by atoms with Gasteiger partial charge in [-0.1, -0.05) is 19.8 Å². The average molecular weight is 415 g/mol. The number of carbonyl (C=O) groups excluding carboxylic acids is 1. The Morgan fingerprint density at radius 1 is 1.33 bits per heavy atom. The zero-order valence-electron chi connectivity index (χ0n) is 15.2. The minimum atomic E-state index is -6.06. The highest BCUT2D eigenvalue weighted by molar-refractivity contribution is 7.88. The molecule has 7 nitrogen and oxygen atoms in total. The number of ether oxygens (including phenoxy) is 2. The molecule has 2 aliphatic rings. The van der Waals surface area contributed by atoms with Crippen LogP contribution in [0.4, 0.5) is 13.2 Å². The predicted molar refractivity (Wildman–Crippen MR) is 88.4 cm³/mol. The fourth-order valence-corrected chi connectivity index (χ4v) is 3.90. The molecule has 1 spiro atoms. The molecule has 0 aromatic rings. The molecule has 2 unspecified atom stereocenters. The first kappa shape index (κ1) is 22.0. The number of carbonyl (C=O) groups is 1. The van der Waals surface area contributed by atoms with Crippen LogP contribution in [0.3, 0.4) is 0 Å². The molecule has 2 fully saturated rings. The number of alkyl halides is 3. The highest BCUT2D eigenvalue weighted by Gasteiger charge is 2.52. The molecule has 2 rings (SSSR count). The molecule has 0 aromatic heterocycles. The summed E-state index contributed by atoms with van der Waals surface area (Å²) in [6.07, 6.45) is 2.75. The molecule has 1 aliphatic carbocycles. The molecule has 2 N–H and O–H groups in total. The molecule has 1 heterocycles. The van der Waals surface area contributed by atoms with Crippen LogP contribution in [0, 0.1) is 5.92 Å². The van der Waals surface area contributed by atoms with Gasteiger partial charge in [-0.05, 0) is 26.2 Å². The summed E-state index contributed by atoms with van der Waals surface area (Å²) in [6, 6.07) is 0. The first-order valence-corrected chi connectivity index (χ1v) is 10.2. The van der Waals surface area contributed by atoms with Gasteiger partial charge in [0.25, 0.3) is 0 Å². The van der Waals surface area contributed by atoms with Crippen molar-refractivity contribution in [3.8, 4) is 0 Å². The van der Waals surface area contributed by atoms with Gasteiger partial charge in [0.2, 0.25) is 0 Å². The zero-order chi connectivity index (χ0) is 20.5. The molecule has 156 valence electrons. The lowest BCUT2D eigenvalue weighted by molar-refractivity contribution is -0.211. The van der Waals surface area contributed by atoms with E-state index in [1.165, 1.54) is 0 Å². The van der Waals surface area contributed by atoms with E-state index in [4.69, 9.17) is 15.2 Å². The second kappa shape index (κ2) is 7.96. The van der Waals surface area contributed by atoms with Gasteiger partial charge in [0, 0.05) is 12.1 Å². The van der Waals surface area contributed by atoms with Gasteiger partial charge in [-0.2, -0.15) is 21.6 Å².